The molecule has 6 heteroatoms. The van der Waals surface area contributed by atoms with Gasteiger partial charge in [-0.2, -0.15) is 5.10 Å². The lowest BCUT2D eigenvalue weighted by Gasteiger charge is -2.07. The second kappa shape index (κ2) is 5.81. The Bertz CT molecular complexity index is 858. The Labute approximate surface area is 135 Å². The topological polar surface area (TPSA) is 64.3 Å². The predicted molar refractivity (Wildman–Crippen MR) is 86.0 cm³/mol. The maximum absolute atomic E-state index is 11.5. The van der Waals surface area contributed by atoms with Crippen molar-refractivity contribution in [3.63, 3.8) is 0 Å². The van der Waals surface area contributed by atoms with Gasteiger partial charge in [0.25, 0.3) is 0 Å². The van der Waals surface area contributed by atoms with Gasteiger partial charge >= 0.3 is 5.97 Å². The molecule has 5 nitrogen and oxygen atoms in total. The third kappa shape index (κ3) is 2.69. The largest absolute Gasteiger partial charge is 0.508 e. The summed E-state index contributed by atoms with van der Waals surface area (Å²) >= 11 is 3.39. The van der Waals surface area contributed by atoms with E-state index in [-0.39, 0.29) is 11.7 Å². The zero-order chi connectivity index (χ0) is 15.7. The molecular formula is C16H13BrN2O3. The molecule has 112 valence electrons. The van der Waals surface area contributed by atoms with Gasteiger partial charge in [0.15, 0.2) is 0 Å². The number of carbonyl (C=O) groups excluding carboxylic acids is 1. The number of aromatic nitrogens is 2. The monoisotopic (exact) mass is 360 g/mol. The highest BCUT2D eigenvalue weighted by atomic mass is 79.9. The van der Waals surface area contributed by atoms with Crippen molar-refractivity contribution in [3.05, 3.63) is 58.2 Å². The molecule has 2 aromatic carbocycles. The number of nitrogens with zero attached hydrogens (tertiary/aromatic N) is 2. The third-order valence-corrected chi connectivity index (χ3v) is 3.92. The smallest absolute Gasteiger partial charge is 0.337 e. The van der Waals surface area contributed by atoms with E-state index in [1.807, 2.05) is 12.1 Å². The summed E-state index contributed by atoms with van der Waals surface area (Å²) in [6.07, 6.45) is 1.69. The summed E-state index contributed by atoms with van der Waals surface area (Å²) < 4.78 is 7.38. The Kier molecular flexibility index (Phi) is 3.85. The quantitative estimate of drug-likeness (QED) is 0.727. The van der Waals surface area contributed by atoms with Crippen LogP contribution < -0.4 is 0 Å². The van der Waals surface area contributed by atoms with Gasteiger partial charge in [0.1, 0.15) is 5.75 Å². The number of esters is 1. The Morgan fingerprint density at radius 2 is 2.14 bits per heavy atom. The number of hydrogen-bond donors (Lipinski definition) is 1. The van der Waals surface area contributed by atoms with Crippen LogP contribution in [0.2, 0.25) is 0 Å². The molecule has 3 aromatic rings. The van der Waals surface area contributed by atoms with E-state index in [4.69, 9.17) is 4.74 Å². The minimum atomic E-state index is -0.376. The SMILES string of the molecule is COC(=O)c1ccc2c(cnn2Cc2cc(Br)ccc2O)c1. The van der Waals surface area contributed by atoms with E-state index in [2.05, 4.69) is 21.0 Å². The molecule has 0 fully saturated rings. The van der Waals surface area contributed by atoms with E-state index in [0.29, 0.717) is 12.1 Å². The third-order valence-electron chi connectivity index (χ3n) is 3.42. The van der Waals surface area contributed by atoms with E-state index in [1.165, 1.54) is 7.11 Å². The van der Waals surface area contributed by atoms with Gasteiger partial charge in [-0.1, -0.05) is 15.9 Å². The number of aromatic hydroxyl groups is 1. The van der Waals surface area contributed by atoms with Crippen LogP contribution in [0.4, 0.5) is 0 Å². The number of rotatable bonds is 3. The fourth-order valence-corrected chi connectivity index (χ4v) is 2.71. The number of fused-ring (bicyclic) bond motifs is 1. The molecular weight excluding hydrogens is 348 g/mol. The molecule has 0 radical (unpaired) electrons. The van der Waals surface area contributed by atoms with E-state index in [1.54, 1.807) is 35.1 Å². The van der Waals surface area contributed by atoms with Gasteiger partial charge < -0.3 is 9.84 Å². The van der Waals surface area contributed by atoms with Crippen LogP contribution in [0, 0.1) is 0 Å². The van der Waals surface area contributed by atoms with Crippen molar-refractivity contribution in [2.75, 3.05) is 7.11 Å². The molecule has 0 saturated carbocycles. The standard InChI is InChI=1S/C16H13BrN2O3/c1-22-16(21)10-2-4-14-11(6-10)8-18-19(14)9-12-7-13(17)3-5-15(12)20/h2-8,20H,9H2,1H3. The van der Waals surface area contributed by atoms with Gasteiger partial charge in [-0.3, -0.25) is 4.68 Å². The van der Waals surface area contributed by atoms with Gasteiger partial charge in [-0.25, -0.2) is 4.79 Å². The average molecular weight is 361 g/mol. The molecule has 3 rings (SSSR count). The van der Waals surface area contributed by atoms with E-state index < -0.39 is 0 Å². The Balaban J connectivity index is 1.98. The maximum atomic E-state index is 11.5. The lowest BCUT2D eigenvalue weighted by atomic mass is 10.1. The van der Waals surface area contributed by atoms with Gasteiger partial charge in [-0.15, -0.1) is 0 Å². The zero-order valence-corrected chi connectivity index (χ0v) is 13.4. The highest BCUT2D eigenvalue weighted by Crippen LogP contribution is 2.24. The minimum Gasteiger partial charge on any atom is -0.508 e. The first-order chi connectivity index (χ1) is 10.6. The van der Waals surface area contributed by atoms with E-state index >= 15 is 0 Å². The molecule has 0 saturated heterocycles. The lowest BCUT2D eigenvalue weighted by Crippen LogP contribution is -2.03. The number of benzene rings is 2. The summed E-state index contributed by atoms with van der Waals surface area (Å²) in [6.45, 7) is 0.437. The van der Waals surface area contributed by atoms with E-state index in [9.17, 15) is 9.90 Å². The number of phenols is 1. The van der Waals surface area contributed by atoms with Crippen LogP contribution in [0.5, 0.6) is 5.75 Å². The number of phenolic OH excluding ortho intramolecular Hbond substituents is 1. The van der Waals surface area contributed by atoms with Gasteiger partial charge in [0, 0.05) is 15.4 Å². The summed E-state index contributed by atoms with van der Waals surface area (Å²) in [6, 6.07) is 10.5. The molecule has 0 aliphatic heterocycles. The van der Waals surface area contributed by atoms with Crippen LogP contribution in [0.15, 0.2) is 47.1 Å². The normalized spacial score (nSPS) is 10.8. The minimum absolute atomic E-state index is 0.220. The van der Waals surface area contributed by atoms with Crippen molar-refractivity contribution in [2.24, 2.45) is 0 Å². The first-order valence-corrected chi connectivity index (χ1v) is 7.39. The molecule has 0 atom stereocenters. The van der Waals surface area contributed by atoms with Gasteiger partial charge in [-0.05, 0) is 36.4 Å². The second-order valence-corrected chi connectivity index (χ2v) is 5.76. The molecule has 0 amide bonds. The molecule has 1 aromatic heterocycles. The predicted octanol–water partition coefficient (Wildman–Crippen LogP) is 3.34. The number of hydrogen-bond acceptors (Lipinski definition) is 4. The second-order valence-electron chi connectivity index (χ2n) is 4.84. The van der Waals surface area contributed by atoms with Crippen molar-refractivity contribution < 1.29 is 14.6 Å². The number of halogens is 1. The van der Waals surface area contributed by atoms with Crippen molar-refractivity contribution in [1.29, 1.82) is 0 Å². The molecule has 22 heavy (non-hydrogen) atoms. The zero-order valence-electron chi connectivity index (χ0n) is 11.8. The number of carbonyl (C=O) groups is 1. The summed E-state index contributed by atoms with van der Waals surface area (Å²) in [5, 5.41) is 15.1. The molecule has 0 unspecified atom stereocenters. The Morgan fingerprint density at radius 3 is 2.91 bits per heavy atom. The van der Waals surface area contributed by atoms with Crippen molar-refractivity contribution in [3.8, 4) is 5.75 Å². The van der Waals surface area contributed by atoms with Crippen molar-refractivity contribution in [2.45, 2.75) is 6.54 Å². The first kappa shape index (κ1) is 14.6. The van der Waals surface area contributed by atoms with Crippen LogP contribution in [-0.2, 0) is 11.3 Å². The molecule has 1 heterocycles. The summed E-state index contributed by atoms with van der Waals surface area (Å²) in [5.74, 6) is -0.155. The van der Waals surface area contributed by atoms with Crippen LogP contribution in [0.1, 0.15) is 15.9 Å². The molecule has 0 spiro atoms. The Morgan fingerprint density at radius 1 is 1.32 bits per heavy atom. The van der Waals surface area contributed by atoms with Crippen molar-refractivity contribution in [1.82, 2.24) is 9.78 Å². The maximum Gasteiger partial charge on any atom is 0.337 e. The molecule has 1 N–H and O–H groups in total. The molecule has 0 aliphatic rings. The number of methoxy groups -OCH3 is 1. The fourth-order valence-electron chi connectivity index (χ4n) is 2.30. The highest BCUT2D eigenvalue weighted by Gasteiger charge is 2.10. The average Bonchev–Trinajstić information content (AvgIpc) is 2.92. The van der Waals surface area contributed by atoms with Gasteiger partial charge in [0.05, 0.1) is 30.9 Å². The Hall–Kier alpha value is -2.34. The number of ether oxygens (including phenoxy) is 1. The van der Waals surface area contributed by atoms with Gasteiger partial charge in [0.2, 0.25) is 0 Å². The summed E-state index contributed by atoms with van der Waals surface area (Å²) in [7, 11) is 1.35. The van der Waals surface area contributed by atoms with Crippen LogP contribution in [0.3, 0.4) is 0 Å². The van der Waals surface area contributed by atoms with Crippen LogP contribution in [0.25, 0.3) is 10.9 Å². The lowest BCUT2D eigenvalue weighted by molar-refractivity contribution is 0.0601. The van der Waals surface area contributed by atoms with E-state index in [0.717, 1.165) is 20.9 Å². The summed E-state index contributed by atoms with van der Waals surface area (Å²) in [5.41, 5.74) is 2.13. The molecule has 0 aliphatic carbocycles. The van der Waals surface area contributed by atoms with Crippen molar-refractivity contribution >= 4 is 32.8 Å². The van der Waals surface area contributed by atoms with Crippen LogP contribution >= 0.6 is 15.9 Å². The fraction of sp³-hybridized carbons (Fsp3) is 0.125. The van der Waals surface area contributed by atoms with Crippen LogP contribution in [-0.4, -0.2) is 28.0 Å². The highest BCUT2D eigenvalue weighted by molar-refractivity contribution is 9.10. The first-order valence-electron chi connectivity index (χ1n) is 6.60. The summed E-state index contributed by atoms with van der Waals surface area (Å²) in [4.78, 5) is 11.5. The molecule has 0 bridgehead atoms.